The van der Waals surface area contributed by atoms with Gasteiger partial charge in [-0.05, 0) is 12.5 Å². The summed E-state index contributed by atoms with van der Waals surface area (Å²) in [6, 6.07) is 9.38. The number of carbonyl (C=O) groups excluding carboxylic acids is 1. The van der Waals surface area contributed by atoms with E-state index in [2.05, 4.69) is 0 Å². The third-order valence-corrected chi connectivity index (χ3v) is 3.27. The highest BCUT2D eigenvalue weighted by atomic mass is 16.4. The average molecular weight is 233 g/mol. The van der Waals surface area contributed by atoms with Crippen LogP contribution in [0.5, 0.6) is 0 Å². The smallest absolute Gasteiger partial charge is 0.316 e. The minimum atomic E-state index is -1.03. The van der Waals surface area contributed by atoms with Gasteiger partial charge in [0.2, 0.25) is 5.91 Å². The van der Waals surface area contributed by atoms with Gasteiger partial charge >= 0.3 is 5.97 Å². The zero-order chi connectivity index (χ0) is 12.4. The van der Waals surface area contributed by atoms with Gasteiger partial charge in [-0.25, -0.2) is 0 Å². The molecule has 4 nitrogen and oxygen atoms in total. The quantitative estimate of drug-likeness (QED) is 0.801. The van der Waals surface area contributed by atoms with Gasteiger partial charge in [-0.2, -0.15) is 0 Å². The minimum Gasteiger partial charge on any atom is -0.481 e. The van der Waals surface area contributed by atoms with Crippen LogP contribution in [0.1, 0.15) is 18.4 Å². The number of aliphatic carboxylic acids is 1. The van der Waals surface area contributed by atoms with Gasteiger partial charge in [0, 0.05) is 19.0 Å². The molecule has 90 valence electrons. The molecule has 1 aromatic rings. The molecule has 0 bridgehead atoms. The van der Waals surface area contributed by atoms with Crippen LogP contribution in [0.25, 0.3) is 0 Å². The number of likely N-dealkylation sites (tertiary alicyclic amines) is 1. The lowest BCUT2D eigenvalue weighted by Gasteiger charge is -2.13. The van der Waals surface area contributed by atoms with E-state index in [0.29, 0.717) is 13.1 Å². The number of carbonyl (C=O) groups is 2. The van der Waals surface area contributed by atoms with E-state index in [1.807, 2.05) is 37.3 Å². The molecule has 1 heterocycles. The number of hydrogen-bond acceptors (Lipinski definition) is 2. The number of hydrogen-bond donors (Lipinski definition) is 1. The third-order valence-electron chi connectivity index (χ3n) is 3.27. The molecule has 2 atom stereocenters. The molecule has 1 aromatic carbocycles. The summed E-state index contributed by atoms with van der Waals surface area (Å²) < 4.78 is 0. The number of likely N-dealkylation sites (N-methyl/N-ethyl adjacent to an activating group) is 1. The van der Waals surface area contributed by atoms with Crippen molar-refractivity contribution in [3.8, 4) is 0 Å². The Balaban J connectivity index is 2.33. The van der Waals surface area contributed by atoms with Crippen molar-refractivity contribution in [1.82, 2.24) is 4.90 Å². The van der Waals surface area contributed by atoms with E-state index in [1.165, 1.54) is 0 Å². The molecule has 1 fully saturated rings. The molecule has 2 rings (SSSR count). The molecular weight excluding hydrogens is 218 g/mol. The number of benzene rings is 1. The summed E-state index contributed by atoms with van der Waals surface area (Å²) in [5.41, 5.74) is 0.921. The Bertz CT molecular complexity index is 430. The molecule has 0 radical (unpaired) electrons. The molecule has 4 heteroatoms. The highest BCUT2D eigenvalue weighted by molar-refractivity contribution is 5.99. The van der Waals surface area contributed by atoms with Crippen molar-refractivity contribution in [2.24, 2.45) is 5.92 Å². The van der Waals surface area contributed by atoms with Crippen LogP contribution in [0.2, 0.25) is 0 Å². The normalized spacial score (nSPS) is 24.1. The van der Waals surface area contributed by atoms with E-state index < -0.39 is 11.9 Å². The minimum absolute atomic E-state index is 0.235. The lowest BCUT2D eigenvalue weighted by Crippen LogP contribution is -2.30. The summed E-state index contributed by atoms with van der Waals surface area (Å²) in [7, 11) is 0. The first kappa shape index (κ1) is 11.6. The van der Waals surface area contributed by atoms with Crippen LogP contribution in [0.3, 0.4) is 0 Å². The summed E-state index contributed by atoms with van der Waals surface area (Å²) in [4.78, 5) is 24.7. The number of carboxylic acids is 1. The Kier molecular flexibility index (Phi) is 3.13. The molecule has 0 saturated carbocycles. The van der Waals surface area contributed by atoms with Crippen molar-refractivity contribution >= 4 is 11.9 Å². The van der Waals surface area contributed by atoms with Gasteiger partial charge in [0.15, 0.2) is 0 Å². The monoisotopic (exact) mass is 233 g/mol. The van der Waals surface area contributed by atoms with Crippen molar-refractivity contribution in [1.29, 1.82) is 0 Å². The predicted molar refractivity (Wildman–Crippen MR) is 62.6 cm³/mol. The second kappa shape index (κ2) is 4.57. The molecule has 1 saturated heterocycles. The van der Waals surface area contributed by atoms with E-state index in [1.54, 1.807) is 4.90 Å². The first-order chi connectivity index (χ1) is 8.15. The summed E-state index contributed by atoms with van der Waals surface area (Å²) >= 11 is 0. The van der Waals surface area contributed by atoms with Gasteiger partial charge in [0.25, 0.3) is 0 Å². The van der Waals surface area contributed by atoms with Crippen LogP contribution < -0.4 is 0 Å². The molecule has 17 heavy (non-hydrogen) atoms. The summed E-state index contributed by atoms with van der Waals surface area (Å²) in [6.45, 7) is 2.92. The SMILES string of the molecule is CCN1CC(c2ccccc2)C(C(=O)O)C1=O. The van der Waals surface area contributed by atoms with Gasteiger partial charge in [0.05, 0.1) is 0 Å². The lowest BCUT2D eigenvalue weighted by atomic mass is 9.89. The Hall–Kier alpha value is -1.84. The largest absolute Gasteiger partial charge is 0.481 e. The van der Waals surface area contributed by atoms with Crippen molar-refractivity contribution in [2.75, 3.05) is 13.1 Å². The number of carboxylic acid groups (broad SMARTS) is 1. The molecule has 1 N–H and O–H groups in total. The van der Waals surface area contributed by atoms with Gasteiger partial charge < -0.3 is 10.0 Å². The van der Waals surface area contributed by atoms with Gasteiger partial charge in [-0.15, -0.1) is 0 Å². The van der Waals surface area contributed by atoms with Crippen LogP contribution in [0, 0.1) is 5.92 Å². The molecule has 0 aliphatic carbocycles. The van der Waals surface area contributed by atoms with Gasteiger partial charge in [0.1, 0.15) is 5.92 Å². The second-order valence-corrected chi connectivity index (χ2v) is 4.21. The van der Waals surface area contributed by atoms with Crippen LogP contribution in [0.4, 0.5) is 0 Å². The highest BCUT2D eigenvalue weighted by Gasteiger charge is 2.44. The van der Waals surface area contributed by atoms with E-state index in [4.69, 9.17) is 0 Å². The Morgan fingerprint density at radius 3 is 2.59 bits per heavy atom. The zero-order valence-corrected chi connectivity index (χ0v) is 9.67. The summed E-state index contributed by atoms with van der Waals surface area (Å²) in [5.74, 6) is -2.47. The topological polar surface area (TPSA) is 57.6 Å². The number of amides is 1. The number of nitrogens with zero attached hydrogens (tertiary/aromatic N) is 1. The third kappa shape index (κ3) is 2.02. The van der Waals surface area contributed by atoms with Crippen LogP contribution in [-0.2, 0) is 9.59 Å². The summed E-state index contributed by atoms with van der Waals surface area (Å²) in [5, 5.41) is 9.18. The van der Waals surface area contributed by atoms with Crippen molar-refractivity contribution in [3.05, 3.63) is 35.9 Å². The zero-order valence-electron chi connectivity index (χ0n) is 9.67. The van der Waals surface area contributed by atoms with E-state index in [9.17, 15) is 14.7 Å². The molecule has 1 amide bonds. The van der Waals surface area contributed by atoms with Crippen molar-refractivity contribution in [2.45, 2.75) is 12.8 Å². The van der Waals surface area contributed by atoms with Gasteiger partial charge in [-0.1, -0.05) is 30.3 Å². The molecule has 1 aliphatic rings. The fourth-order valence-corrected chi connectivity index (χ4v) is 2.36. The molecule has 2 unspecified atom stereocenters. The molecule has 0 aromatic heterocycles. The number of rotatable bonds is 3. The maximum Gasteiger partial charge on any atom is 0.316 e. The van der Waals surface area contributed by atoms with E-state index >= 15 is 0 Å². The molecule has 0 spiro atoms. The molecular formula is C13H15NO3. The van der Waals surface area contributed by atoms with Crippen LogP contribution in [-0.4, -0.2) is 35.0 Å². The van der Waals surface area contributed by atoms with Crippen LogP contribution >= 0.6 is 0 Å². The van der Waals surface area contributed by atoms with Gasteiger partial charge in [-0.3, -0.25) is 9.59 Å². The maximum absolute atomic E-state index is 11.9. The van der Waals surface area contributed by atoms with E-state index in [-0.39, 0.29) is 11.8 Å². The fourth-order valence-electron chi connectivity index (χ4n) is 2.36. The Morgan fingerprint density at radius 2 is 2.06 bits per heavy atom. The van der Waals surface area contributed by atoms with Crippen molar-refractivity contribution in [3.63, 3.8) is 0 Å². The van der Waals surface area contributed by atoms with Crippen LogP contribution in [0.15, 0.2) is 30.3 Å². The Morgan fingerprint density at radius 1 is 1.41 bits per heavy atom. The maximum atomic E-state index is 11.9. The highest BCUT2D eigenvalue weighted by Crippen LogP contribution is 2.33. The first-order valence-corrected chi connectivity index (χ1v) is 5.71. The van der Waals surface area contributed by atoms with Crippen molar-refractivity contribution < 1.29 is 14.7 Å². The fraction of sp³-hybridized carbons (Fsp3) is 0.385. The predicted octanol–water partition coefficient (Wildman–Crippen LogP) is 1.33. The standard InChI is InChI=1S/C13H15NO3/c1-2-14-8-10(9-6-4-3-5-7-9)11(12(14)15)13(16)17/h3-7,10-11H,2,8H2,1H3,(H,16,17). The second-order valence-electron chi connectivity index (χ2n) is 4.21. The lowest BCUT2D eigenvalue weighted by molar-refractivity contribution is -0.147. The average Bonchev–Trinajstić information content (AvgIpc) is 2.67. The Labute approximate surface area is 99.9 Å². The van der Waals surface area contributed by atoms with E-state index in [0.717, 1.165) is 5.56 Å². The first-order valence-electron chi connectivity index (χ1n) is 5.71. The summed E-state index contributed by atoms with van der Waals surface area (Å²) in [6.07, 6.45) is 0. The molecule has 1 aliphatic heterocycles.